The second-order valence-corrected chi connectivity index (χ2v) is 8.10. The maximum absolute atomic E-state index is 12.7. The van der Waals surface area contributed by atoms with Crippen molar-refractivity contribution in [2.45, 2.75) is 26.8 Å². The van der Waals surface area contributed by atoms with E-state index in [4.69, 9.17) is 4.74 Å². The van der Waals surface area contributed by atoms with E-state index in [9.17, 15) is 13.2 Å². The maximum atomic E-state index is 12.7. The molecule has 0 aliphatic carbocycles. The zero-order valence-corrected chi connectivity index (χ0v) is 16.4. The highest BCUT2D eigenvalue weighted by Gasteiger charge is 2.30. The van der Waals surface area contributed by atoms with Crippen LogP contribution < -0.4 is 14.4 Å². The topological polar surface area (TPSA) is 75.7 Å². The number of benzene rings is 2. The summed E-state index contributed by atoms with van der Waals surface area (Å²) in [5.74, 6) is 0.255. The number of nitrogens with one attached hydrogen (secondary N) is 1. The minimum atomic E-state index is -3.65. The van der Waals surface area contributed by atoms with Gasteiger partial charge in [-0.05, 0) is 62.2 Å². The standard InChI is InChI=1S/C19H24N2O4S/c1-13-6-7-14(2)18(12-13)21(26(5,23)24)15(3)19(22)20-16-8-10-17(25-4)11-9-16/h6-12,15H,1-5H3,(H,20,22)/t15-/m0/s1. The number of hydrogen-bond acceptors (Lipinski definition) is 4. The van der Waals surface area contributed by atoms with Gasteiger partial charge in [0.15, 0.2) is 0 Å². The Morgan fingerprint density at radius 2 is 1.73 bits per heavy atom. The molecule has 2 aromatic carbocycles. The Hall–Kier alpha value is -2.54. The number of ether oxygens (including phenoxy) is 1. The van der Waals surface area contributed by atoms with Crippen LogP contribution in [0.2, 0.25) is 0 Å². The van der Waals surface area contributed by atoms with Gasteiger partial charge in [-0.1, -0.05) is 12.1 Å². The number of methoxy groups -OCH3 is 1. The zero-order chi connectivity index (χ0) is 19.5. The van der Waals surface area contributed by atoms with Crippen LogP contribution in [0.3, 0.4) is 0 Å². The Labute approximate surface area is 154 Å². The van der Waals surface area contributed by atoms with Crippen molar-refractivity contribution < 1.29 is 17.9 Å². The summed E-state index contributed by atoms with van der Waals surface area (Å²) in [4.78, 5) is 12.7. The molecule has 0 radical (unpaired) electrons. The third-order valence-corrected chi connectivity index (χ3v) is 5.28. The van der Waals surface area contributed by atoms with E-state index in [1.54, 1.807) is 44.4 Å². The predicted molar refractivity (Wildman–Crippen MR) is 104 cm³/mol. The molecule has 0 bridgehead atoms. The Kier molecular flexibility index (Phi) is 5.92. The van der Waals surface area contributed by atoms with E-state index in [0.717, 1.165) is 21.7 Å². The van der Waals surface area contributed by atoms with E-state index in [0.29, 0.717) is 17.1 Å². The molecule has 1 atom stereocenters. The number of amides is 1. The summed E-state index contributed by atoms with van der Waals surface area (Å²) in [7, 11) is -2.09. The van der Waals surface area contributed by atoms with Gasteiger partial charge in [0.1, 0.15) is 11.8 Å². The molecule has 0 aromatic heterocycles. The molecule has 7 heteroatoms. The summed E-state index contributed by atoms with van der Waals surface area (Å²) < 4.78 is 31.1. The fourth-order valence-corrected chi connectivity index (χ4v) is 3.88. The van der Waals surface area contributed by atoms with E-state index in [1.807, 2.05) is 26.0 Å². The van der Waals surface area contributed by atoms with Crippen LogP contribution in [0, 0.1) is 13.8 Å². The van der Waals surface area contributed by atoms with Crippen molar-refractivity contribution in [1.82, 2.24) is 0 Å². The normalized spacial score (nSPS) is 12.3. The third kappa shape index (κ3) is 4.54. The molecule has 26 heavy (non-hydrogen) atoms. The predicted octanol–water partition coefficient (Wildman–Crippen LogP) is 3.11. The van der Waals surface area contributed by atoms with E-state index in [2.05, 4.69) is 5.32 Å². The molecule has 0 saturated heterocycles. The summed E-state index contributed by atoms with van der Waals surface area (Å²) >= 11 is 0. The van der Waals surface area contributed by atoms with Crippen LogP contribution in [0.5, 0.6) is 5.75 Å². The number of nitrogens with zero attached hydrogens (tertiary/aromatic N) is 1. The zero-order valence-electron chi connectivity index (χ0n) is 15.6. The van der Waals surface area contributed by atoms with Gasteiger partial charge in [-0.25, -0.2) is 8.42 Å². The van der Waals surface area contributed by atoms with Crippen molar-refractivity contribution in [2.75, 3.05) is 23.0 Å². The molecule has 2 rings (SSSR count). The SMILES string of the molecule is COc1ccc(NC(=O)[C@H](C)N(c2cc(C)ccc2C)S(C)(=O)=O)cc1. The van der Waals surface area contributed by atoms with Crippen LogP contribution in [0.4, 0.5) is 11.4 Å². The minimum absolute atomic E-state index is 0.415. The highest BCUT2D eigenvalue weighted by Crippen LogP contribution is 2.27. The number of sulfonamides is 1. The third-order valence-electron chi connectivity index (χ3n) is 4.05. The van der Waals surface area contributed by atoms with E-state index in [1.165, 1.54) is 0 Å². The Morgan fingerprint density at radius 1 is 1.12 bits per heavy atom. The van der Waals surface area contributed by atoms with E-state index >= 15 is 0 Å². The van der Waals surface area contributed by atoms with Gasteiger partial charge in [0, 0.05) is 5.69 Å². The quantitative estimate of drug-likeness (QED) is 0.840. The monoisotopic (exact) mass is 376 g/mol. The van der Waals surface area contributed by atoms with Crippen molar-refractivity contribution >= 4 is 27.3 Å². The lowest BCUT2D eigenvalue weighted by molar-refractivity contribution is -0.116. The first-order valence-electron chi connectivity index (χ1n) is 8.15. The Balaban J connectivity index is 2.32. The van der Waals surface area contributed by atoms with Gasteiger partial charge < -0.3 is 10.1 Å². The number of carbonyl (C=O) groups is 1. The van der Waals surface area contributed by atoms with Gasteiger partial charge >= 0.3 is 0 Å². The average molecular weight is 376 g/mol. The largest absolute Gasteiger partial charge is 0.497 e. The molecule has 6 nitrogen and oxygen atoms in total. The minimum Gasteiger partial charge on any atom is -0.497 e. The van der Waals surface area contributed by atoms with Gasteiger partial charge in [0.05, 0.1) is 19.1 Å². The fraction of sp³-hybridized carbons (Fsp3) is 0.316. The molecule has 0 heterocycles. The van der Waals surface area contributed by atoms with Crippen LogP contribution in [0.25, 0.3) is 0 Å². The van der Waals surface area contributed by atoms with Crippen molar-refractivity contribution in [3.8, 4) is 5.75 Å². The molecule has 0 saturated carbocycles. The van der Waals surface area contributed by atoms with Crippen LogP contribution >= 0.6 is 0 Å². The number of carbonyl (C=O) groups excluding carboxylic acids is 1. The smallest absolute Gasteiger partial charge is 0.247 e. The molecule has 0 aliphatic heterocycles. The van der Waals surface area contributed by atoms with Gasteiger partial charge in [0.25, 0.3) is 0 Å². The summed E-state index contributed by atoms with van der Waals surface area (Å²) in [6, 6.07) is 11.5. The van der Waals surface area contributed by atoms with Crippen molar-refractivity contribution in [2.24, 2.45) is 0 Å². The van der Waals surface area contributed by atoms with E-state index in [-0.39, 0.29) is 0 Å². The van der Waals surface area contributed by atoms with Crippen LogP contribution in [-0.4, -0.2) is 33.7 Å². The molecule has 0 aliphatic rings. The van der Waals surface area contributed by atoms with Crippen molar-refractivity contribution in [3.63, 3.8) is 0 Å². The molecule has 2 aromatic rings. The Morgan fingerprint density at radius 3 is 2.27 bits per heavy atom. The van der Waals surface area contributed by atoms with Crippen molar-refractivity contribution in [1.29, 1.82) is 0 Å². The molecule has 1 N–H and O–H groups in total. The summed E-state index contributed by atoms with van der Waals surface area (Å²) in [5.41, 5.74) is 2.77. The van der Waals surface area contributed by atoms with E-state index < -0.39 is 22.0 Å². The highest BCUT2D eigenvalue weighted by molar-refractivity contribution is 7.92. The molecular weight excluding hydrogens is 352 g/mol. The van der Waals surface area contributed by atoms with Gasteiger partial charge in [-0.3, -0.25) is 9.10 Å². The number of rotatable bonds is 6. The first-order chi connectivity index (χ1) is 12.1. The van der Waals surface area contributed by atoms with Crippen LogP contribution in [0.1, 0.15) is 18.1 Å². The van der Waals surface area contributed by atoms with Gasteiger partial charge in [-0.2, -0.15) is 0 Å². The second kappa shape index (κ2) is 7.78. The lowest BCUT2D eigenvalue weighted by Gasteiger charge is -2.29. The maximum Gasteiger partial charge on any atom is 0.247 e. The Bertz CT molecular complexity index is 892. The molecular formula is C19H24N2O4S. The first kappa shape index (κ1) is 19.8. The summed E-state index contributed by atoms with van der Waals surface area (Å²) in [6.07, 6.45) is 1.10. The lowest BCUT2D eigenvalue weighted by Crippen LogP contribution is -2.45. The molecule has 0 unspecified atom stereocenters. The molecule has 140 valence electrons. The number of hydrogen-bond donors (Lipinski definition) is 1. The number of aryl methyl sites for hydroxylation is 2. The highest BCUT2D eigenvalue weighted by atomic mass is 32.2. The van der Waals surface area contributed by atoms with Crippen molar-refractivity contribution in [3.05, 3.63) is 53.6 Å². The molecule has 0 fully saturated rings. The molecule has 1 amide bonds. The van der Waals surface area contributed by atoms with Gasteiger partial charge in [0.2, 0.25) is 15.9 Å². The number of anilines is 2. The van der Waals surface area contributed by atoms with Gasteiger partial charge in [-0.15, -0.1) is 0 Å². The second-order valence-electron chi connectivity index (χ2n) is 6.24. The van der Waals surface area contributed by atoms with Crippen LogP contribution in [-0.2, 0) is 14.8 Å². The lowest BCUT2D eigenvalue weighted by atomic mass is 10.1. The molecule has 0 spiro atoms. The first-order valence-corrected chi connectivity index (χ1v) is 10.00. The van der Waals surface area contributed by atoms with Crippen LogP contribution in [0.15, 0.2) is 42.5 Å². The summed E-state index contributed by atoms with van der Waals surface area (Å²) in [5, 5.41) is 2.75. The summed E-state index contributed by atoms with van der Waals surface area (Å²) in [6.45, 7) is 5.27. The average Bonchev–Trinajstić information content (AvgIpc) is 2.57. The fourth-order valence-electron chi connectivity index (χ4n) is 2.66.